The number of fused-ring (bicyclic) bond motifs is 1. The molecule has 0 aliphatic heterocycles. The molecule has 0 aliphatic rings. The molecule has 4 aromatic rings. The van der Waals surface area contributed by atoms with Gasteiger partial charge in [-0.25, -0.2) is 13.9 Å². The Bertz CT molecular complexity index is 1170. The molecule has 1 unspecified atom stereocenters. The summed E-state index contributed by atoms with van der Waals surface area (Å²) >= 11 is -0.991. The first-order valence-electron chi connectivity index (χ1n) is 8.22. The van der Waals surface area contributed by atoms with Crippen LogP contribution in [0.5, 0.6) is 0 Å². The van der Waals surface area contributed by atoms with Gasteiger partial charge in [0.25, 0.3) is 11.7 Å². The number of rotatable bonds is 6. The third kappa shape index (κ3) is 3.76. The van der Waals surface area contributed by atoms with Crippen molar-refractivity contribution in [3.8, 4) is 11.1 Å². The highest BCUT2D eigenvalue weighted by atomic mass is 32.2. The van der Waals surface area contributed by atoms with Crippen LogP contribution in [0.25, 0.3) is 21.3 Å². The summed E-state index contributed by atoms with van der Waals surface area (Å²) in [5, 5.41) is 7.73. The van der Waals surface area contributed by atoms with Crippen molar-refractivity contribution >= 4 is 38.6 Å². The fourth-order valence-electron chi connectivity index (χ4n) is 2.63. The van der Waals surface area contributed by atoms with Crippen LogP contribution in [0.1, 0.15) is 34.5 Å². The number of aromatic nitrogens is 3. The lowest BCUT2D eigenvalue weighted by atomic mass is 10.1. The number of ketones is 1. The molecule has 2 N–H and O–H groups in total. The number of thiazole rings is 1. The van der Waals surface area contributed by atoms with Crippen LogP contribution in [-0.2, 0) is 11.3 Å². The smallest absolute Gasteiger partial charge is 0.291 e. The van der Waals surface area contributed by atoms with Crippen LogP contribution in [0.2, 0.25) is 0 Å². The Kier molecular flexibility index (Phi) is 5.09. The molecule has 0 aliphatic carbocycles. The van der Waals surface area contributed by atoms with Crippen molar-refractivity contribution in [3.63, 3.8) is 0 Å². The maximum Gasteiger partial charge on any atom is 0.291 e. The second-order valence-electron chi connectivity index (χ2n) is 5.93. The molecule has 0 saturated heterocycles. The molecule has 4 rings (SSSR count). The highest BCUT2D eigenvalue weighted by molar-refractivity contribution is 7.77. The highest BCUT2D eigenvalue weighted by Gasteiger charge is 2.23. The minimum absolute atomic E-state index is 0.0400. The monoisotopic (exact) mass is 414 g/mol. The molecule has 0 spiro atoms. The molecule has 2 heterocycles. The average Bonchev–Trinajstić information content (AvgIpc) is 3.34. The van der Waals surface area contributed by atoms with Crippen LogP contribution in [0.4, 0.5) is 0 Å². The van der Waals surface area contributed by atoms with Gasteiger partial charge in [-0.05, 0) is 30.2 Å². The first kappa shape index (κ1) is 18.6. The van der Waals surface area contributed by atoms with Gasteiger partial charge in [0.15, 0.2) is 5.01 Å². The standard InChI is InChI=1S/C18H14N4O4S2/c1-10(22-28(24)25)16-20-21-17(26-16)15(23)18-19-13-8-7-12(9-14(13)27-18)11-5-3-2-4-6-11/h2-10,22H,1H3,(H,24,25)/t10-/m0/s1. The van der Waals surface area contributed by atoms with Gasteiger partial charge in [-0.1, -0.05) is 36.4 Å². The van der Waals surface area contributed by atoms with Crippen LogP contribution in [0.15, 0.2) is 52.9 Å². The van der Waals surface area contributed by atoms with Gasteiger partial charge in [-0.15, -0.1) is 21.5 Å². The fraction of sp³-hybridized carbons (Fsp3) is 0.111. The van der Waals surface area contributed by atoms with Gasteiger partial charge < -0.3 is 4.42 Å². The molecular weight excluding hydrogens is 400 g/mol. The Labute approximate surface area is 166 Å². The second kappa shape index (κ2) is 7.68. The van der Waals surface area contributed by atoms with Crippen molar-refractivity contribution in [2.45, 2.75) is 13.0 Å². The summed E-state index contributed by atoms with van der Waals surface area (Å²) in [5.74, 6) is -0.661. The van der Waals surface area contributed by atoms with E-state index in [9.17, 15) is 9.00 Å². The van der Waals surface area contributed by atoms with E-state index in [-0.39, 0.29) is 16.8 Å². The quantitative estimate of drug-likeness (QED) is 0.367. The van der Waals surface area contributed by atoms with Crippen LogP contribution in [0.3, 0.4) is 0 Å². The van der Waals surface area contributed by atoms with Crippen molar-refractivity contribution in [3.05, 3.63) is 65.3 Å². The number of hydrogen-bond acceptors (Lipinski definition) is 7. The molecular formula is C18H14N4O4S2. The molecule has 0 radical (unpaired) electrons. The summed E-state index contributed by atoms with van der Waals surface area (Å²) < 4.78 is 28.2. The predicted octanol–water partition coefficient (Wildman–Crippen LogP) is 3.36. The zero-order valence-corrected chi connectivity index (χ0v) is 16.2. The maximum atomic E-state index is 12.7. The van der Waals surface area contributed by atoms with Gasteiger partial charge in [0.05, 0.1) is 16.3 Å². The van der Waals surface area contributed by atoms with Crippen LogP contribution in [0, 0.1) is 0 Å². The van der Waals surface area contributed by atoms with Crippen molar-refractivity contribution < 1.29 is 18.0 Å². The summed E-state index contributed by atoms with van der Waals surface area (Å²) in [6.07, 6.45) is 0. The SMILES string of the molecule is C[C@H](NS(=O)O)c1nnc(C(=O)c2nc3ccc(-c4ccccc4)cc3s2)o1. The molecule has 28 heavy (non-hydrogen) atoms. The zero-order valence-electron chi connectivity index (χ0n) is 14.5. The molecule has 0 saturated carbocycles. The van der Waals surface area contributed by atoms with Crippen molar-refractivity contribution in [2.24, 2.45) is 0 Å². The van der Waals surface area contributed by atoms with E-state index in [1.807, 2.05) is 48.5 Å². The van der Waals surface area contributed by atoms with Crippen LogP contribution in [-0.4, -0.2) is 29.7 Å². The van der Waals surface area contributed by atoms with Gasteiger partial charge in [-0.2, -0.15) is 0 Å². The highest BCUT2D eigenvalue weighted by Crippen LogP contribution is 2.29. The molecule has 0 amide bonds. The van der Waals surface area contributed by atoms with Crippen LogP contribution >= 0.6 is 11.3 Å². The first-order chi connectivity index (χ1) is 13.5. The largest absolute Gasteiger partial charge is 0.416 e. The Morgan fingerprint density at radius 1 is 1.18 bits per heavy atom. The lowest BCUT2D eigenvalue weighted by molar-refractivity contribution is 0.1000. The van der Waals surface area contributed by atoms with Crippen LogP contribution < -0.4 is 4.72 Å². The van der Waals surface area contributed by atoms with E-state index in [0.29, 0.717) is 5.52 Å². The van der Waals surface area contributed by atoms with E-state index in [1.54, 1.807) is 6.92 Å². The Morgan fingerprint density at radius 2 is 1.96 bits per heavy atom. The number of benzene rings is 2. The number of carbonyl (C=O) groups is 1. The van der Waals surface area contributed by atoms with Gasteiger partial charge in [0, 0.05) is 0 Å². The average molecular weight is 414 g/mol. The van der Waals surface area contributed by atoms with Crippen molar-refractivity contribution in [1.82, 2.24) is 19.9 Å². The van der Waals surface area contributed by atoms with E-state index < -0.39 is 23.1 Å². The normalized spacial score (nSPS) is 13.5. The first-order valence-corrected chi connectivity index (χ1v) is 10.1. The molecule has 0 fully saturated rings. The molecule has 142 valence electrons. The summed E-state index contributed by atoms with van der Waals surface area (Å²) in [7, 11) is 0. The minimum atomic E-state index is -2.24. The molecule has 2 aromatic carbocycles. The fourth-order valence-corrected chi connectivity index (χ4v) is 3.97. The van der Waals surface area contributed by atoms with E-state index >= 15 is 0 Å². The van der Waals surface area contributed by atoms with Gasteiger partial charge in [0.1, 0.15) is 0 Å². The molecule has 0 bridgehead atoms. The predicted molar refractivity (Wildman–Crippen MR) is 105 cm³/mol. The van der Waals surface area contributed by atoms with E-state index in [4.69, 9.17) is 8.97 Å². The van der Waals surface area contributed by atoms with E-state index in [1.165, 1.54) is 11.3 Å². The summed E-state index contributed by atoms with van der Waals surface area (Å²) in [5.41, 5.74) is 2.82. The van der Waals surface area contributed by atoms with Crippen molar-refractivity contribution in [2.75, 3.05) is 0 Å². The third-order valence-corrected chi connectivity index (χ3v) is 5.54. The minimum Gasteiger partial charge on any atom is -0.416 e. The van der Waals surface area contributed by atoms with Gasteiger partial charge in [0.2, 0.25) is 17.2 Å². The Balaban J connectivity index is 1.61. The van der Waals surface area contributed by atoms with Gasteiger partial charge in [-0.3, -0.25) is 9.35 Å². The van der Waals surface area contributed by atoms with E-state index in [0.717, 1.165) is 15.8 Å². The number of hydrogen-bond donors (Lipinski definition) is 2. The lowest BCUT2D eigenvalue weighted by Crippen LogP contribution is -2.20. The maximum absolute atomic E-state index is 12.7. The van der Waals surface area contributed by atoms with E-state index in [2.05, 4.69) is 19.9 Å². The zero-order chi connectivity index (χ0) is 19.7. The Hall–Kier alpha value is -2.79. The van der Waals surface area contributed by atoms with Gasteiger partial charge >= 0.3 is 0 Å². The molecule has 2 aromatic heterocycles. The topological polar surface area (TPSA) is 118 Å². The molecule has 2 atom stereocenters. The third-order valence-electron chi connectivity index (χ3n) is 3.97. The Morgan fingerprint density at radius 3 is 2.71 bits per heavy atom. The lowest BCUT2D eigenvalue weighted by Gasteiger charge is -2.03. The summed E-state index contributed by atoms with van der Waals surface area (Å²) in [6, 6.07) is 15.1. The van der Waals surface area contributed by atoms with Crippen molar-refractivity contribution in [1.29, 1.82) is 0 Å². The summed E-state index contributed by atoms with van der Waals surface area (Å²) in [4.78, 5) is 17.0. The molecule has 10 heteroatoms. The second-order valence-corrected chi connectivity index (χ2v) is 7.70. The molecule has 8 nitrogen and oxygen atoms in total. The number of nitrogens with one attached hydrogen (secondary N) is 1. The number of carbonyl (C=O) groups excluding carboxylic acids is 1. The number of nitrogens with zero attached hydrogens (tertiary/aromatic N) is 3. The summed E-state index contributed by atoms with van der Waals surface area (Å²) in [6.45, 7) is 1.57.